The molecule has 1 aliphatic rings. The van der Waals surface area contributed by atoms with E-state index in [0.29, 0.717) is 0 Å². The first-order valence-corrected chi connectivity index (χ1v) is 7.90. The van der Waals surface area contributed by atoms with Crippen LogP contribution in [0.2, 0.25) is 0 Å². The highest BCUT2D eigenvalue weighted by Crippen LogP contribution is 2.24. The van der Waals surface area contributed by atoms with Crippen molar-refractivity contribution in [1.29, 1.82) is 0 Å². The van der Waals surface area contributed by atoms with Gasteiger partial charge in [0.05, 0.1) is 35.0 Å². The van der Waals surface area contributed by atoms with Crippen molar-refractivity contribution in [3.8, 4) is 0 Å². The Labute approximate surface area is 120 Å². The number of rotatable bonds is 4. The lowest BCUT2D eigenvalue weighted by atomic mass is 10.2. The summed E-state index contributed by atoms with van der Waals surface area (Å²) in [6, 6.07) is 1.65. The van der Waals surface area contributed by atoms with E-state index in [2.05, 4.69) is 4.98 Å². The molecule has 1 unspecified atom stereocenters. The fourth-order valence-corrected chi connectivity index (χ4v) is 3.76. The molecule has 2 rings (SSSR count). The van der Waals surface area contributed by atoms with Crippen molar-refractivity contribution in [2.24, 2.45) is 0 Å². The predicted molar refractivity (Wildman–Crippen MR) is 72.9 cm³/mol. The van der Waals surface area contributed by atoms with Gasteiger partial charge in [0.15, 0.2) is 9.84 Å². The quantitative estimate of drug-likeness (QED) is 0.610. The van der Waals surface area contributed by atoms with E-state index in [9.17, 15) is 23.3 Å². The predicted octanol–water partition coefficient (Wildman–Crippen LogP) is 0.0679. The number of sulfone groups is 1. The lowest BCUT2D eigenvalue weighted by Gasteiger charge is -2.35. The van der Waals surface area contributed by atoms with Gasteiger partial charge in [-0.15, -0.1) is 0 Å². The number of nitrogens with zero attached hydrogens (tertiary/aromatic N) is 3. The molecular formula is C11H13N3O6S. The van der Waals surface area contributed by atoms with E-state index in [4.69, 9.17) is 5.11 Å². The summed E-state index contributed by atoms with van der Waals surface area (Å²) in [5.41, 5.74) is -0.178. The number of aromatic nitrogens is 1. The molecule has 1 aromatic rings. The summed E-state index contributed by atoms with van der Waals surface area (Å²) >= 11 is 0. The molecule has 0 spiro atoms. The Kier molecular flexibility index (Phi) is 4.07. The minimum Gasteiger partial charge on any atom is -0.481 e. The van der Waals surface area contributed by atoms with Gasteiger partial charge in [-0.25, -0.2) is 13.4 Å². The number of hydrogen-bond acceptors (Lipinski definition) is 7. The highest BCUT2D eigenvalue weighted by molar-refractivity contribution is 7.91. The van der Waals surface area contributed by atoms with Crippen molar-refractivity contribution in [3.63, 3.8) is 0 Å². The van der Waals surface area contributed by atoms with Crippen LogP contribution in [0.1, 0.15) is 6.42 Å². The summed E-state index contributed by atoms with van der Waals surface area (Å²) < 4.78 is 23.3. The lowest BCUT2D eigenvalue weighted by molar-refractivity contribution is -0.384. The molecular weight excluding hydrogens is 302 g/mol. The molecule has 0 aliphatic carbocycles. The zero-order chi connectivity index (χ0) is 15.6. The smallest absolute Gasteiger partial charge is 0.305 e. The van der Waals surface area contributed by atoms with Crippen LogP contribution in [0.4, 0.5) is 11.5 Å². The van der Waals surface area contributed by atoms with Gasteiger partial charge in [-0.3, -0.25) is 14.9 Å². The Bertz CT molecular complexity index is 674. The number of carbonyl (C=O) groups is 1. The van der Waals surface area contributed by atoms with Gasteiger partial charge in [-0.2, -0.15) is 0 Å². The van der Waals surface area contributed by atoms with Crippen LogP contribution in [-0.2, 0) is 14.6 Å². The molecule has 0 amide bonds. The summed E-state index contributed by atoms with van der Waals surface area (Å²) in [6.07, 6.45) is 0.873. The second-order valence-electron chi connectivity index (χ2n) is 4.69. The summed E-state index contributed by atoms with van der Waals surface area (Å²) in [6.45, 7) is 0.0639. The summed E-state index contributed by atoms with van der Waals surface area (Å²) in [5, 5.41) is 19.7. The Morgan fingerprint density at radius 1 is 1.57 bits per heavy atom. The first-order valence-electron chi connectivity index (χ1n) is 6.08. The van der Waals surface area contributed by atoms with Gasteiger partial charge in [0.2, 0.25) is 0 Å². The van der Waals surface area contributed by atoms with Crippen LogP contribution in [0.15, 0.2) is 18.3 Å². The number of aliphatic carboxylic acids is 1. The molecule has 0 saturated carbocycles. The van der Waals surface area contributed by atoms with E-state index < -0.39 is 26.8 Å². The molecule has 1 atom stereocenters. The summed E-state index contributed by atoms with van der Waals surface area (Å²) in [4.78, 5) is 26.5. The van der Waals surface area contributed by atoms with Crippen molar-refractivity contribution >= 4 is 27.3 Å². The summed E-state index contributed by atoms with van der Waals surface area (Å²) in [5.74, 6) is -1.35. The molecule has 21 heavy (non-hydrogen) atoms. The zero-order valence-corrected chi connectivity index (χ0v) is 11.7. The molecule has 10 heteroatoms. The van der Waals surface area contributed by atoms with Crippen molar-refractivity contribution in [1.82, 2.24) is 4.98 Å². The van der Waals surface area contributed by atoms with Crippen LogP contribution >= 0.6 is 0 Å². The standard InChI is InChI=1S/C11H13N3O6S/c15-11(16)6-9-7-21(19,20)4-3-13(9)10-5-8(14(17)18)1-2-12-10/h1-2,5,9H,3-4,6-7H2,(H,15,16). The average Bonchev–Trinajstić information content (AvgIpc) is 2.37. The Morgan fingerprint density at radius 2 is 2.29 bits per heavy atom. The molecule has 2 heterocycles. The maximum atomic E-state index is 11.6. The van der Waals surface area contributed by atoms with Gasteiger partial charge in [-0.1, -0.05) is 0 Å². The van der Waals surface area contributed by atoms with Gasteiger partial charge in [0.25, 0.3) is 5.69 Å². The third-order valence-corrected chi connectivity index (χ3v) is 4.87. The molecule has 0 bridgehead atoms. The van der Waals surface area contributed by atoms with Crippen molar-refractivity contribution < 1.29 is 23.2 Å². The average molecular weight is 315 g/mol. The third-order valence-electron chi connectivity index (χ3n) is 3.17. The van der Waals surface area contributed by atoms with E-state index in [-0.39, 0.29) is 36.0 Å². The molecule has 1 N–H and O–H groups in total. The van der Waals surface area contributed by atoms with E-state index in [1.54, 1.807) is 0 Å². The van der Waals surface area contributed by atoms with Crippen LogP contribution in [0, 0.1) is 10.1 Å². The Morgan fingerprint density at radius 3 is 2.90 bits per heavy atom. The van der Waals surface area contributed by atoms with E-state index >= 15 is 0 Å². The molecule has 9 nitrogen and oxygen atoms in total. The SMILES string of the molecule is O=C(O)CC1CS(=O)(=O)CCN1c1cc([N+](=O)[O-])ccn1. The fraction of sp³-hybridized carbons (Fsp3) is 0.455. The molecule has 1 saturated heterocycles. The minimum absolute atomic E-state index is 0.0639. The highest BCUT2D eigenvalue weighted by atomic mass is 32.2. The van der Waals surface area contributed by atoms with Gasteiger partial charge < -0.3 is 10.0 Å². The zero-order valence-electron chi connectivity index (χ0n) is 10.9. The van der Waals surface area contributed by atoms with E-state index in [1.807, 2.05) is 0 Å². The second-order valence-corrected chi connectivity index (χ2v) is 6.92. The molecule has 1 aromatic heterocycles. The number of carboxylic acids is 1. The van der Waals surface area contributed by atoms with E-state index in [0.717, 1.165) is 0 Å². The first kappa shape index (κ1) is 15.2. The first-order chi connectivity index (χ1) is 9.78. The van der Waals surface area contributed by atoms with E-state index in [1.165, 1.54) is 23.2 Å². The maximum Gasteiger partial charge on any atom is 0.305 e. The second kappa shape index (κ2) is 5.64. The molecule has 114 valence electrons. The molecule has 0 aromatic carbocycles. The highest BCUT2D eigenvalue weighted by Gasteiger charge is 2.33. The van der Waals surface area contributed by atoms with Gasteiger partial charge in [0, 0.05) is 18.8 Å². The lowest BCUT2D eigenvalue weighted by Crippen LogP contribution is -2.49. The number of hydrogen-bond donors (Lipinski definition) is 1. The number of anilines is 1. The monoisotopic (exact) mass is 315 g/mol. The van der Waals surface area contributed by atoms with Crippen LogP contribution < -0.4 is 4.90 Å². The van der Waals surface area contributed by atoms with Crippen molar-refractivity contribution in [2.45, 2.75) is 12.5 Å². The normalized spacial score (nSPS) is 21.0. The Balaban J connectivity index is 2.33. The third kappa shape index (κ3) is 3.66. The van der Waals surface area contributed by atoms with Crippen LogP contribution in [0.25, 0.3) is 0 Å². The van der Waals surface area contributed by atoms with Crippen LogP contribution in [0.3, 0.4) is 0 Å². The minimum atomic E-state index is -3.31. The van der Waals surface area contributed by atoms with Crippen LogP contribution in [0.5, 0.6) is 0 Å². The topological polar surface area (TPSA) is 131 Å². The fourth-order valence-electron chi connectivity index (χ4n) is 2.24. The van der Waals surface area contributed by atoms with Crippen LogP contribution in [-0.4, -0.2) is 53.5 Å². The Hall–Kier alpha value is -2.23. The summed E-state index contributed by atoms with van der Waals surface area (Å²) in [7, 11) is -3.31. The van der Waals surface area contributed by atoms with Crippen molar-refractivity contribution in [2.75, 3.05) is 23.0 Å². The molecule has 1 aliphatic heterocycles. The number of nitro groups is 1. The van der Waals surface area contributed by atoms with Crippen molar-refractivity contribution in [3.05, 3.63) is 28.4 Å². The largest absolute Gasteiger partial charge is 0.481 e. The number of carboxylic acid groups (broad SMARTS) is 1. The van der Waals surface area contributed by atoms with Gasteiger partial charge in [-0.05, 0) is 0 Å². The van der Waals surface area contributed by atoms with Gasteiger partial charge in [0.1, 0.15) is 5.82 Å². The molecule has 0 radical (unpaired) electrons. The molecule has 1 fully saturated rings. The van der Waals surface area contributed by atoms with Gasteiger partial charge >= 0.3 is 5.97 Å². The number of pyridine rings is 1. The maximum absolute atomic E-state index is 11.6.